The first-order chi connectivity index (χ1) is 9.22. The molecule has 0 radical (unpaired) electrons. The molecule has 106 valence electrons. The van der Waals surface area contributed by atoms with Crippen molar-refractivity contribution in [3.63, 3.8) is 0 Å². The first-order valence-electron chi connectivity index (χ1n) is 7.92. The molecule has 2 fully saturated rings. The van der Waals surface area contributed by atoms with Gasteiger partial charge in [-0.3, -0.25) is 4.79 Å². The van der Waals surface area contributed by atoms with Crippen LogP contribution in [-0.4, -0.2) is 36.5 Å². The Kier molecular flexibility index (Phi) is 3.92. The number of hydrogen-bond donors (Lipinski definition) is 1. The third-order valence-electron chi connectivity index (χ3n) is 5.15. The lowest BCUT2D eigenvalue weighted by Gasteiger charge is -2.23. The zero-order chi connectivity index (χ0) is 13.2. The highest BCUT2D eigenvalue weighted by atomic mass is 16.2. The van der Waals surface area contributed by atoms with Gasteiger partial charge in [0.2, 0.25) is 5.91 Å². The third kappa shape index (κ3) is 3.02. The van der Waals surface area contributed by atoms with Crippen molar-refractivity contribution in [1.82, 2.24) is 10.2 Å². The van der Waals surface area contributed by atoms with Gasteiger partial charge in [0.1, 0.15) is 0 Å². The van der Waals surface area contributed by atoms with Crippen molar-refractivity contribution < 1.29 is 4.79 Å². The van der Waals surface area contributed by atoms with Crippen LogP contribution in [0.5, 0.6) is 0 Å². The van der Waals surface area contributed by atoms with Crippen LogP contribution in [0.15, 0.2) is 12.2 Å². The molecule has 1 heterocycles. The van der Waals surface area contributed by atoms with E-state index in [9.17, 15) is 4.79 Å². The molecule has 3 nitrogen and oxygen atoms in total. The van der Waals surface area contributed by atoms with Crippen molar-refractivity contribution in [3.8, 4) is 0 Å². The van der Waals surface area contributed by atoms with Crippen LogP contribution in [0.1, 0.15) is 39.0 Å². The van der Waals surface area contributed by atoms with Crippen molar-refractivity contribution in [2.24, 2.45) is 17.8 Å². The van der Waals surface area contributed by atoms with Gasteiger partial charge >= 0.3 is 0 Å². The number of nitrogens with one attached hydrogen (secondary N) is 1. The van der Waals surface area contributed by atoms with Gasteiger partial charge in [-0.25, -0.2) is 0 Å². The predicted molar refractivity (Wildman–Crippen MR) is 76.7 cm³/mol. The van der Waals surface area contributed by atoms with Crippen LogP contribution in [-0.2, 0) is 4.79 Å². The maximum Gasteiger partial charge on any atom is 0.222 e. The Balaban J connectivity index is 1.34. The van der Waals surface area contributed by atoms with Crippen LogP contribution >= 0.6 is 0 Å². The normalized spacial score (nSPS) is 34.5. The lowest BCUT2D eigenvalue weighted by Crippen LogP contribution is -2.36. The van der Waals surface area contributed by atoms with Crippen LogP contribution in [0.3, 0.4) is 0 Å². The van der Waals surface area contributed by atoms with E-state index in [4.69, 9.17) is 0 Å². The fraction of sp³-hybridized carbons (Fsp3) is 0.812. The van der Waals surface area contributed by atoms with Gasteiger partial charge in [-0.1, -0.05) is 12.2 Å². The first-order valence-corrected chi connectivity index (χ1v) is 7.92. The van der Waals surface area contributed by atoms with E-state index in [2.05, 4.69) is 24.4 Å². The predicted octanol–water partition coefficient (Wildman–Crippen LogP) is 2.19. The SMILES string of the molecule is C[C@H](CCN1CCCC1=O)NC[C@@H]1C[C@H]2C=C[C@H]1C2. The molecule has 0 unspecified atom stereocenters. The molecule has 2 bridgehead atoms. The Hall–Kier alpha value is -0.830. The fourth-order valence-corrected chi connectivity index (χ4v) is 3.87. The van der Waals surface area contributed by atoms with Gasteiger partial charge in [0.25, 0.3) is 0 Å². The second-order valence-electron chi connectivity index (χ2n) is 6.62. The summed E-state index contributed by atoms with van der Waals surface area (Å²) >= 11 is 0. The summed E-state index contributed by atoms with van der Waals surface area (Å²) in [4.78, 5) is 13.6. The Labute approximate surface area is 116 Å². The second kappa shape index (κ2) is 5.66. The molecule has 3 rings (SSSR count). The highest BCUT2D eigenvalue weighted by molar-refractivity contribution is 5.77. The molecule has 1 aliphatic heterocycles. The zero-order valence-electron chi connectivity index (χ0n) is 12.0. The van der Waals surface area contributed by atoms with E-state index < -0.39 is 0 Å². The molecule has 0 aromatic carbocycles. The number of nitrogens with zero attached hydrogens (tertiary/aromatic N) is 1. The summed E-state index contributed by atoms with van der Waals surface area (Å²) in [5.41, 5.74) is 0. The number of likely N-dealkylation sites (tertiary alicyclic amines) is 1. The van der Waals surface area contributed by atoms with E-state index >= 15 is 0 Å². The highest BCUT2D eigenvalue weighted by Crippen LogP contribution is 2.42. The van der Waals surface area contributed by atoms with E-state index in [1.807, 2.05) is 4.90 Å². The Morgan fingerprint density at radius 1 is 1.42 bits per heavy atom. The maximum absolute atomic E-state index is 11.5. The summed E-state index contributed by atoms with van der Waals surface area (Å²) in [6, 6.07) is 0.525. The third-order valence-corrected chi connectivity index (χ3v) is 5.15. The van der Waals surface area contributed by atoms with Crippen LogP contribution in [0.4, 0.5) is 0 Å². The van der Waals surface area contributed by atoms with E-state index in [0.717, 1.165) is 56.7 Å². The first kappa shape index (κ1) is 13.2. The molecule has 2 aliphatic carbocycles. The van der Waals surface area contributed by atoms with Crippen molar-refractivity contribution in [2.45, 2.75) is 45.1 Å². The summed E-state index contributed by atoms with van der Waals surface area (Å²) in [5.74, 6) is 2.91. The molecular weight excluding hydrogens is 236 g/mol. The average molecular weight is 262 g/mol. The Morgan fingerprint density at radius 2 is 2.32 bits per heavy atom. The summed E-state index contributed by atoms with van der Waals surface area (Å²) in [6.45, 7) is 5.32. The number of fused-ring (bicyclic) bond motifs is 2. The van der Waals surface area contributed by atoms with Crippen LogP contribution in [0, 0.1) is 17.8 Å². The maximum atomic E-state index is 11.5. The van der Waals surface area contributed by atoms with E-state index in [1.165, 1.54) is 12.8 Å². The lowest BCUT2D eigenvalue weighted by atomic mass is 9.93. The molecule has 1 amide bonds. The number of amides is 1. The molecule has 4 atom stereocenters. The van der Waals surface area contributed by atoms with Gasteiger partial charge < -0.3 is 10.2 Å². The van der Waals surface area contributed by atoms with Gasteiger partial charge in [-0.2, -0.15) is 0 Å². The summed E-state index contributed by atoms with van der Waals surface area (Å²) in [7, 11) is 0. The van der Waals surface area contributed by atoms with Gasteiger partial charge in [0.05, 0.1) is 0 Å². The van der Waals surface area contributed by atoms with Crippen LogP contribution in [0.25, 0.3) is 0 Å². The Morgan fingerprint density at radius 3 is 2.95 bits per heavy atom. The minimum Gasteiger partial charge on any atom is -0.343 e. The van der Waals surface area contributed by atoms with Crippen LogP contribution < -0.4 is 5.32 Å². The fourth-order valence-electron chi connectivity index (χ4n) is 3.87. The van der Waals surface area contributed by atoms with Gasteiger partial charge in [-0.05, 0) is 56.9 Å². The molecule has 3 aliphatic rings. The number of allylic oxidation sites excluding steroid dienone is 2. The van der Waals surface area contributed by atoms with Crippen molar-refractivity contribution >= 4 is 5.91 Å². The number of rotatable bonds is 6. The molecular formula is C16H26N2O. The minimum atomic E-state index is 0.352. The summed E-state index contributed by atoms with van der Waals surface area (Å²) in [6.07, 6.45) is 10.5. The van der Waals surface area contributed by atoms with Crippen molar-refractivity contribution in [1.29, 1.82) is 0 Å². The lowest BCUT2D eigenvalue weighted by molar-refractivity contribution is -0.127. The highest BCUT2D eigenvalue weighted by Gasteiger charge is 2.35. The van der Waals surface area contributed by atoms with E-state index in [1.54, 1.807) is 0 Å². The average Bonchev–Trinajstić information content (AvgIpc) is 3.10. The van der Waals surface area contributed by atoms with E-state index in [-0.39, 0.29) is 0 Å². The van der Waals surface area contributed by atoms with Crippen molar-refractivity contribution in [2.75, 3.05) is 19.6 Å². The van der Waals surface area contributed by atoms with Crippen LogP contribution in [0.2, 0.25) is 0 Å². The second-order valence-corrected chi connectivity index (χ2v) is 6.62. The van der Waals surface area contributed by atoms with Gasteiger partial charge in [-0.15, -0.1) is 0 Å². The topological polar surface area (TPSA) is 32.3 Å². The van der Waals surface area contributed by atoms with Gasteiger partial charge in [0.15, 0.2) is 0 Å². The molecule has 1 N–H and O–H groups in total. The van der Waals surface area contributed by atoms with Gasteiger partial charge in [0, 0.05) is 25.6 Å². The van der Waals surface area contributed by atoms with Crippen molar-refractivity contribution in [3.05, 3.63) is 12.2 Å². The molecule has 1 saturated carbocycles. The molecule has 0 spiro atoms. The zero-order valence-corrected chi connectivity index (χ0v) is 12.0. The standard InChI is InChI=1S/C16H26N2O/c1-12(6-8-18-7-2-3-16(18)19)17-11-15-10-13-4-5-14(15)9-13/h4-5,12-15,17H,2-3,6-11H2,1H3/t12-,13+,14+,15+/m1/s1. The molecule has 1 saturated heterocycles. The molecule has 3 heteroatoms. The summed E-state index contributed by atoms with van der Waals surface area (Å²) < 4.78 is 0. The number of carbonyl (C=O) groups is 1. The van der Waals surface area contributed by atoms with E-state index in [0.29, 0.717) is 11.9 Å². The number of hydrogen-bond acceptors (Lipinski definition) is 2. The Bertz CT molecular complexity index is 366. The molecule has 0 aromatic rings. The largest absolute Gasteiger partial charge is 0.343 e. The minimum absolute atomic E-state index is 0.352. The summed E-state index contributed by atoms with van der Waals surface area (Å²) in [5, 5.41) is 3.68. The monoisotopic (exact) mass is 262 g/mol. The smallest absolute Gasteiger partial charge is 0.222 e. The molecule has 19 heavy (non-hydrogen) atoms. The number of carbonyl (C=O) groups excluding carboxylic acids is 1. The quantitative estimate of drug-likeness (QED) is 0.744. The molecule has 0 aromatic heterocycles.